The molecule has 0 heterocycles. The van der Waals surface area contributed by atoms with Crippen molar-refractivity contribution in [3.63, 3.8) is 0 Å². The first-order chi connectivity index (χ1) is 14.8. The summed E-state index contributed by atoms with van der Waals surface area (Å²) in [5.74, 6) is 6.99. The largest absolute Gasteiger partial charge is 0.392 e. The van der Waals surface area contributed by atoms with E-state index in [9.17, 15) is 21.9 Å². The van der Waals surface area contributed by atoms with Crippen LogP contribution in [0.3, 0.4) is 0 Å². The van der Waals surface area contributed by atoms with E-state index in [2.05, 4.69) is 11.8 Å². The van der Waals surface area contributed by atoms with Crippen LogP contribution in [-0.4, -0.2) is 28.5 Å². The molecule has 0 aromatic heterocycles. The second-order valence-corrected chi connectivity index (χ2v) is 10.1. The summed E-state index contributed by atoms with van der Waals surface area (Å²) in [6.45, 7) is -0.338. The Hall–Kier alpha value is -2.38. The van der Waals surface area contributed by atoms with Gasteiger partial charge < -0.3 is 5.11 Å². The highest BCUT2D eigenvalue weighted by Gasteiger charge is 2.21. The first-order valence-corrected chi connectivity index (χ1v) is 12.7. The van der Waals surface area contributed by atoms with Gasteiger partial charge in [-0.2, -0.15) is 0 Å². The molecule has 31 heavy (non-hydrogen) atoms. The number of sulfonamides is 1. The average molecular weight is 463 g/mol. The molecule has 7 nitrogen and oxygen atoms in total. The molecule has 1 saturated carbocycles. The fourth-order valence-electron chi connectivity index (χ4n) is 3.63. The summed E-state index contributed by atoms with van der Waals surface area (Å²) in [4.78, 5) is -0.337. The summed E-state index contributed by atoms with van der Waals surface area (Å²) >= 11 is 0. The molecule has 9 heteroatoms. The van der Waals surface area contributed by atoms with Gasteiger partial charge in [0.1, 0.15) is 4.90 Å². The lowest BCUT2D eigenvalue weighted by atomic mass is 10.1. The van der Waals surface area contributed by atoms with Crippen LogP contribution < -0.4 is 9.44 Å². The molecule has 1 aliphatic rings. The lowest BCUT2D eigenvalue weighted by molar-refractivity contribution is 0.281. The molecule has 3 rings (SSSR count). The van der Waals surface area contributed by atoms with Gasteiger partial charge in [0, 0.05) is 18.0 Å². The number of hydrogen-bond donors (Lipinski definition) is 3. The predicted molar refractivity (Wildman–Crippen MR) is 120 cm³/mol. The first-order valence-electron chi connectivity index (χ1n) is 10.1. The van der Waals surface area contributed by atoms with Crippen molar-refractivity contribution in [2.75, 3.05) is 10.8 Å². The lowest BCUT2D eigenvalue weighted by Crippen LogP contribution is -2.27. The topological polar surface area (TPSA) is 118 Å². The highest BCUT2D eigenvalue weighted by Crippen LogP contribution is 2.27. The van der Waals surface area contributed by atoms with Gasteiger partial charge in [-0.3, -0.25) is 4.31 Å². The average Bonchev–Trinajstić information content (AvgIpc) is 3.26. The molecule has 0 radical (unpaired) electrons. The zero-order valence-electron chi connectivity index (χ0n) is 17.0. The number of primary sulfonamides is 1. The second-order valence-electron chi connectivity index (χ2n) is 7.56. The van der Waals surface area contributed by atoms with Crippen LogP contribution in [0.25, 0.3) is 0 Å². The van der Waals surface area contributed by atoms with Crippen molar-refractivity contribution >= 4 is 26.6 Å². The Morgan fingerprint density at radius 2 is 1.71 bits per heavy atom. The Morgan fingerprint density at radius 1 is 1.06 bits per heavy atom. The summed E-state index contributed by atoms with van der Waals surface area (Å²) < 4.78 is 48.7. The van der Waals surface area contributed by atoms with E-state index >= 15 is 0 Å². The minimum atomic E-state index is -4.18. The minimum absolute atomic E-state index is 0.0325. The van der Waals surface area contributed by atoms with Crippen molar-refractivity contribution in [1.82, 2.24) is 0 Å². The predicted octanol–water partition coefficient (Wildman–Crippen LogP) is 1.94. The molecule has 3 N–H and O–H groups in total. The van der Waals surface area contributed by atoms with Crippen LogP contribution in [0, 0.1) is 17.8 Å². The number of hydrogen-bond acceptors (Lipinski definition) is 5. The van der Waals surface area contributed by atoms with E-state index in [-0.39, 0.29) is 23.7 Å². The molecule has 0 bridgehead atoms. The molecule has 2 aromatic carbocycles. The maximum Gasteiger partial charge on any atom is 0.240 e. The smallest absolute Gasteiger partial charge is 0.240 e. The molecule has 0 atom stereocenters. The normalized spacial score (nSPS) is 14.4. The van der Waals surface area contributed by atoms with Crippen LogP contribution in [0.5, 0.6) is 0 Å². The van der Waals surface area contributed by atoms with E-state index in [1.807, 2.05) is 24.3 Å². The van der Waals surface area contributed by atoms with Gasteiger partial charge in [-0.05, 0) is 54.7 Å². The molecule has 1 fully saturated rings. The maximum absolute atomic E-state index is 12.0. The van der Waals surface area contributed by atoms with Crippen molar-refractivity contribution in [2.45, 2.75) is 43.6 Å². The summed E-state index contributed by atoms with van der Waals surface area (Å²) in [5.41, 5.74) is 2.11. The van der Waals surface area contributed by atoms with E-state index in [4.69, 9.17) is 5.14 Å². The van der Waals surface area contributed by atoms with Crippen molar-refractivity contribution in [2.24, 2.45) is 11.1 Å². The number of thiol groups is 1. The summed E-state index contributed by atoms with van der Waals surface area (Å²) in [6, 6.07) is 11.6. The van der Waals surface area contributed by atoms with Crippen LogP contribution in [-0.2, 0) is 33.9 Å². The van der Waals surface area contributed by atoms with E-state index in [0.717, 1.165) is 28.3 Å². The minimum Gasteiger partial charge on any atom is -0.392 e. The van der Waals surface area contributed by atoms with Gasteiger partial charge in [0.25, 0.3) is 0 Å². The summed E-state index contributed by atoms with van der Waals surface area (Å²) in [5, 5.41) is 14.5. The van der Waals surface area contributed by atoms with E-state index < -0.39 is 20.9 Å². The molecule has 0 aliphatic heterocycles. The third-order valence-corrected chi connectivity index (χ3v) is 7.08. The molecule has 0 spiro atoms. The first kappa shape index (κ1) is 23.3. The fourth-order valence-corrected chi connectivity index (χ4v) is 5.10. The van der Waals surface area contributed by atoms with Crippen LogP contribution in [0.15, 0.2) is 47.4 Å². The molecule has 0 amide bonds. The van der Waals surface area contributed by atoms with Gasteiger partial charge in [-0.25, -0.2) is 22.0 Å². The third kappa shape index (κ3) is 6.31. The Bertz CT molecular complexity index is 1150. The molecule has 0 saturated heterocycles. The molecule has 166 valence electrons. The number of nitrogens with zero attached hydrogens (tertiary/aromatic N) is 1. The van der Waals surface area contributed by atoms with Crippen molar-refractivity contribution < 1.29 is 21.9 Å². The highest BCUT2D eigenvalue weighted by atomic mass is 32.2. The molecular weight excluding hydrogens is 436 g/mol. The summed E-state index contributed by atoms with van der Waals surface area (Å²) in [7, 11) is -7.28. The van der Waals surface area contributed by atoms with Crippen molar-refractivity contribution in [3.05, 3.63) is 59.2 Å². The zero-order chi connectivity index (χ0) is 22.4. The third-order valence-electron chi connectivity index (χ3n) is 5.33. The van der Waals surface area contributed by atoms with Crippen LogP contribution in [0.2, 0.25) is 0 Å². The summed E-state index contributed by atoms with van der Waals surface area (Å²) in [6.07, 6.45) is 5.19. The van der Waals surface area contributed by atoms with Crippen molar-refractivity contribution in [1.29, 1.82) is 0 Å². The highest BCUT2D eigenvalue weighted by molar-refractivity contribution is 7.89. The Labute approximate surface area is 185 Å². The Kier molecular flexibility index (Phi) is 7.73. The molecule has 1 aliphatic carbocycles. The molecule has 0 unspecified atom stereocenters. The molecular formula is C22H26N2O5S2. The standard InChI is InChI=1S/C22H26N2O5S2/c23-31(28,29)22-15-20(16-25)11-12-21(22)24(30(26)27)14-13-19-9-7-18(8-10-19)6-5-17-3-1-2-4-17/h7-12,15,17,25,30H,1-4,13-14,16H2,(H2,23,28,29). The van der Waals surface area contributed by atoms with Crippen LogP contribution >= 0.6 is 0 Å². The number of aliphatic hydroxyl groups is 1. The Morgan fingerprint density at radius 3 is 2.29 bits per heavy atom. The maximum atomic E-state index is 12.0. The van der Waals surface area contributed by atoms with Crippen LogP contribution in [0.1, 0.15) is 42.4 Å². The lowest BCUT2D eigenvalue weighted by Gasteiger charge is -2.21. The Balaban J connectivity index is 1.76. The molecule has 2 aromatic rings. The number of benzene rings is 2. The quantitative estimate of drug-likeness (QED) is 0.429. The number of rotatable bonds is 7. The van der Waals surface area contributed by atoms with E-state index in [1.54, 1.807) is 0 Å². The van der Waals surface area contributed by atoms with Gasteiger partial charge in [0.2, 0.25) is 20.9 Å². The van der Waals surface area contributed by atoms with Crippen molar-refractivity contribution in [3.8, 4) is 11.8 Å². The number of nitrogens with two attached hydrogens (primary N) is 1. The van der Waals surface area contributed by atoms with Gasteiger partial charge in [-0.15, -0.1) is 0 Å². The van der Waals surface area contributed by atoms with Gasteiger partial charge in [0.05, 0.1) is 12.3 Å². The van der Waals surface area contributed by atoms with Gasteiger partial charge in [-0.1, -0.05) is 42.9 Å². The number of aliphatic hydroxyl groups excluding tert-OH is 1. The van der Waals surface area contributed by atoms with Gasteiger partial charge in [0.15, 0.2) is 0 Å². The van der Waals surface area contributed by atoms with Gasteiger partial charge >= 0.3 is 0 Å². The fraction of sp³-hybridized carbons (Fsp3) is 0.364. The SMILES string of the molecule is NS(=O)(=O)c1cc(CO)ccc1N(CCc1ccc(C#CC2CCCC2)cc1)[SH](=O)=O. The zero-order valence-corrected chi connectivity index (χ0v) is 18.7. The van der Waals surface area contributed by atoms with Crippen LogP contribution in [0.4, 0.5) is 5.69 Å². The number of anilines is 1. The second kappa shape index (κ2) is 10.3. The van der Waals surface area contributed by atoms with E-state index in [1.165, 1.54) is 31.0 Å². The monoisotopic (exact) mass is 462 g/mol. The van der Waals surface area contributed by atoms with E-state index in [0.29, 0.717) is 17.9 Å².